The molecule has 27 heavy (non-hydrogen) atoms. The van der Waals surface area contributed by atoms with E-state index in [2.05, 4.69) is 0 Å². The van der Waals surface area contributed by atoms with E-state index in [0.717, 1.165) is 18.2 Å². The Morgan fingerprint density at radius 3 is 2.67 bits per heavy atom. The molecule has 1 aromatic carbocycles. The minimum absolute atomic E-state index is 0.0435. The molecule has 0 radical (unpaired) electrons. The first-order valence-electron chi connectivity index (χ1n) is 8.82. The van der Waals surface area contributed by atoms with Crippen LogP contribution in [0.25, 0.3) is 0 Å². The standard InChI is InChI=1S/C19H23F2NO5/c1-3-27-18(24)11-17(23)12-6-7-22(19(25)26-2)15(9-12)10-13-8-14(20)4-5-16(13)21/h4-5,8,12,15H,3,6-7,9-11H2,1-2H3/t12-,15+/m1/s1. The van der Waals surface area contributed by atoms with Crippen molar-refractivity contribution in [1.29, 1.82) is 0 Å². The molecule has 8 heteroatoms. The highest BCUT2D eigenvalue weighted by molar-refractivity contribution is 5.96. The largest absolute Gasteiger partial charge is 0.466 e. The summed E-state index contributed by atoms with van der Waals surface area (Å²) >= 11 is 0. The minimum Gasteiger partial charge on any atom is -0.466 e. The molecule has 1 amide bonds. The summed E-state index contributed by atoms with van der Waals surface area (Å²) in [6, 6.07) is 2.58. The molecule has 2 atom stereocenters. The number of likely N-dealkylation sites (tertiary alicyclic amines) is 1. The van der Waals surface area contributed by atoms with Gasteiger partial charge in [-0.15, -0.1) is 0 Å². The van der Waals surface area contributed by atoms with E-state index in [4.69, 9.17) is 9.47 Å². The SMILES string of the molecule is CCOC(=O)CC(=O)[C@@H]1CCN(C(=O)OC)[C@H](Cc2cc(F)ccc2F)C1. The second-order valence-electron chi connectivity index (χ2n) is 6.43. The van der Waals surface area contributed by atoms with Gasteiger partial charge in [-0.05, 0) is 49.9 Å². The van der Waals surface area contributed by atoms with Crippen LogP contribution in [0.15, 0.2) is 18.2 Å². The molecule has 1 aromatic rings. The average molecular weight is 383 g/mol. The predicted octanol–water partition coefficient (Wildman–Crippen LogP) is 2.88. The van der Waals surface area contributed by atoms with E-state index in [-0.39, 0.29) is 43.8 Å². The van der Waals surface area contributed by atoms with E-state index in [0.29, 0.717) is 6.42 Å². The van der Waals surface area contributed by atoms with Gasteiger partial charge in [0.25, 0.3) is 0 Å². The Morgan fingerprint density at radius 2 is 2.00 bits per heavy atom. The zero-order valence-corrected chi connectivity index (χ0v) is 15.4. The van der Waals surface area contributed by atoms with Crippen LogP contribution in [0.2, 0.25) is 0 Å². The molecule has 0 unspecified atom stereocenters. The third-order valence-electron chi connectivity index (χ3n) is 4.67. The van der Waals surface area contributed by atoms with Gasteiger partial charge in [-0.2, -0.15) is 0 Å². The second-order valence-corrected chi connectivity index (χ2v) is 6.43. The molecular weight excluding hydrogens is 360 g/mol. The predicted molar refractivity (Wildman–Crippen MR) is 91.9 cm³/mol. The molecular formula is C19H23F2NO5. The van der Waals surface area contributed by atoms with Crippen molar-refractivity contribution in [3.63, 3.8) is 0 Å². The molecule has 1 saturated heterocycles. The first kappa shape index (κ1) is 20.8. The summed E-state index contributed by atoms with van der Waals surface area (Å²) in [6.45, 7) is 2.07. The maximum atomic E-state index is 14.0. The molecule has 6 nitrogen and oxygen atoms in total. The summed E-state index contributed by atoms with van der Waals surface area (Å²) in [5, 5.41) is 0. The number of Topliss-reactive ketones (excluding diaryl/α,β-unsaturated/α-hetero) is 1. The quantitative estimate of drug-likeness (QED) is 0.558. The number of nitrogens with zero attached hydrogens (tertiary/aromatic N) is 1. The Hall–Kier alpha value is -2.51. The van der Waals surface area contributed by atoms with Crippen molar-refractivity contribution in [3.8, 4) is 0 Å². The molecule has 0 N–H and O–H groups in total. The van der Waals surface area contributed by atoms with Crippen LogP contribution < -0.4 is 0 Å². The van der Waals surface area contributed by atoms with Gasteiger partial charge in [0, 0.05) is 18.5 Å². The summed E-state index contributed by atoms with van der Waals surface area (Å²) < 4.78 is 37.0. The van der Waals surface area contributed by atoms with E-state index < -0.39 is 35.7 Å². The first-order valence-corrected chi connectivity index (χ1v) is 8.82. The van der Waals surface area contributed by atoms with Gasteiger partial charge in [-0.3, -0.25) is 9.59 Å². The lowest BCUT2D eigenvalue weighted by atomic mass is 9.84. The van der Waals surface area contributed by atoms with Crippen LogP contribution in [-0.2, 0) is 25.5 Å². The molecule has 0 aliphatic carbocycles. The highest BCUT2D eigenvalue weighted by Gasteiger charge is 2.36. The van der Waals surface area contributed by atoms with Crippen molar-refractivity contribution in [2.75, 3.05) is 20.3 Å². The van der Waals surface area contributed by atoms with Crippen molar-refractivity contribution in [1.82, 2.24) is 4.90 Å². The van der Waals surface area contributed by atoms with Gasteiger partial charge in [0.1, 0.15) is 23.8 Å². The van der Waals surface area contributed by atoms with Crippen LogP contribution in [0, 0.1) is 17.6 Å². The molecule has 148 valence electrons. The fraction of sp³-hybridized carbons (Fsp3) is 0.526. The van der Waals surface area contributed by atoms with Gasteiger partial charge in [0.15, 0.2) is 0 Å². The van der Waals surface area contributed by atoms with Gasteiger partial charge >= 0.3 is 12.1 Å². The Balaban J connectivity index is 2.15. The number of halogens is 2. The molecule has 0 aromatic heterocycles. The first-order chi connectivity index (χ1) is 12.8. The normalized spacial score (nSPS) is 19.5. The lowest BCUT2D eigenvalue weighted by Gasteiger charge is -2.38. The van der Waals surface area contributed by atoms with E-state index in [1.54, 1.807) is 6.92 Å². The van der Waals surface area contributed by atoms with Crippen LogP contribution in [0.5, 0.6) is 0 Å². The topological polar surface area (TPSA) is 72.9 Å². The molecule has 1 aliphatic rings. The van der Waals surface area contributed by atoms with Crippen molar-refractivity contribution >= 4 is 17.8 Å². The summed E-state index contributed by atoms with van der Waals surface area (Å²) in [6.07, 6.45) is -0.272. The Morgan fingerprint density at radius 1 is 1.26 bits per heavy atom. The van der Waals surface area contributed by atoms with Gasteiger partial charge < -0.3 is 14.4 Å². The Bertz CT molecular complexity index is 709. The maximum Gasteiger partial charge on any atom is 0.409 e. The fourth-order valence-corrected chi connectivity index (χ4v) is 3.35. The summed E-state index contributed by atoms with van der Waals surface area (Å²) in [4.78, 5) is 37.4. The molecule has 2 rings (SSSR count). The third kappa shape index (κ3) is 5.48. The van der Waals surface area contributed by atoms with E-state index in [1.165, 1.54) is 12.0 Å². The molecule has 1 aliphatic heterocycles. The Labute approximate surface area is 156 Å². The van der Waals surface area contributed by atoms with Crippen LogP contribution in [0.1, 0.15) is 31.7 Å². The third-order valence-corrected chi connectivity index (χ3v) is 4.67. The Kier molecular flexibility index (Phi) is 7.27. The number of benzene rings is 1. The maximum absolute atomic E-state index is 14.0. The zero-order chi connectivity index (χ0) is 20.0. The number of rotatable bonds is 6. The number of hydrogen-bond acceptors (Lipinski definition) is 5. The van der Waals surface area contributed by atoms with Crippen molar-refractivity contribution in [2.45, 2.75) is 38.6 Å². The van der Waals surface area contributed by atoms with Gasteiger partial charge in [0.2, 0.25) is 0 Å². The molecule has 0 bridgehead atoms. The fourth-order valence-electron chi connectivity index (χ4n) is 3.35. The number of amides is 1. The average Bonchev–Trinajstić information content (AvgIpc) is 2.64. The molecule has 0 saturated carbocycles. The number of carbonyl (C=O) groups excluding carboxylic acids is 3. The summed E-state index contributed by atoms with van der Waals surface area (Å²) in [5.41, 5.74) is 0.118. The zero-order valence-electron chi connectivity index (χ0n) is 15.4. The van der Waals surface area contributed by atoms with E-state index >= 15 is 0 Å². The number of ether oxygens (including phenoxy) is 2. The molecule has 0 spiro atoms. The second kappa shape index (κ2) is 9.43. The van der Waals surface area contributed by atoms with E-state index in [9.17, 15) is 23.2 Å². The summed E-state index contributed by atoms with van der Waals surface area (Å²) in [5.74, 6) is -2.49. The van der Waals surface area contributed by atoms with Crippen molar-refractivity contribution < 1.29 is 32.6 Å². The lowest BCUT2D eigenvalue weighted by molar-refractivity contribution is -0.146. The minimum atomic E-state index is -0.592. The van der Waals surface area contributed by atoms with Crippen LogP contribution >= 0.6 is 0 Å². The summed E-state index contributed by atoms with van der Waals surface area (Å²) in [7, 11) is 1.24. The number of methoxy groups -OCH3 is 1. The lowest BCUT2D eigenvalue weighted by Crippen LogP contribution is -2.48. The van der Waals surface area contributed by atoms with Gasteiger partial charge in [-0.1, -0.05) is 0 Å². The number of carbonyl (C=O) groups is 3. The van der Waals surface area contributed by atoms with Crippen molar-refractivity contribution in [3.05, 3.63) is 35.4 Å². The smallest absolute Gasteiger partial charge is 0.409 e. The number of hydrogen-bond donors (Lipinski definition) is 0. The van der Waals surface area contributed by atoms with E-state index in [1.807, 2.05) is 0 Å². The van der Waals surface area contributed by atoms with Crippen molar-refractivity contribution in [2.24, 2.45) is 5.92 Å². The number of piperidine rings is 1. The van der Waals surface area contributed by atoms with Gasteiger partial charge in [-0.25, -0.2) is 13.6 Å². The van der Waals surface area contributed by atoms with Crippen LogP contribution in [0.3, 0.4) is 0 Å². The highest BCUT2D eigenvalue weighted by atomic mass is 19.1. The monoisotopic (exact) mass is 383 g/mol. The van der Waals surface area contributed by atoms with Gasteiger partial charge in [0.05, 0.1) is 13.7 Å². The van der Waals surface area contributed by atoms with Crippen LogP contribution in [-0.4, -0.2) is 49.0 Å². The highest BCUT2D eigenvalue weighted by Crippen LogP contribution is 2.28. The number of esters is 1. The molecule has 1 fully saturated rings. The van der Waals surface area contributed by atoms with Crippen LogP contribution in [0.4, 0.5) is 13.6 Å². The number of ketones is 1. The molecule has 1 heterocycles.